The number of carbonyl (C=O) groups excluding carboxylic acids is 1. The molecule has 1 amide bonds. The molecule has 0 radical (unpaired) electrons. The average molecular weight is 407 g/mol. The summed E-state index contributed by atoms with van der Waals surface area (Å²) in [6, 6.07) is 13.6. The van der Waals surface area contributed by atoms with Gasteiger partial charge in [-0.25, -0.2) is 0 Å². The molecule has 1 aliphatic carbocycles. The zero-order valence-electron chi connectivity index (χ0n) is 14.2. The van der Waals surface area contributed by atoms with Gasteiger partial charge in [0.05, 0.1) is 5.92 Å². The van der Waals surface area contributed by atoms with Gasteiger partial charge < -0.3 is 5.32 Å². The summed E-state index contributed by atoms with van der Waals surface area (Å²) in [5.41, 5.74) is 3.31. The standard InChI is InChI=1S/C21H18Cl3NO/c1-11-8-16(15-7-6-14(23)9-18(15)24)20(12-2-4-13(22)5-3-12)17-10-25-21(26)19(11)17/h2-9,16-17,19-20H,10H2,1H3,(H,25,26)/t16-,17+,19-,20-/m0/s1. The van der Waals surface area contributed by atoms with Gasteiger partial charge in [-0.15, -0.1) is 0 Å². The zero-order valence-corrected chi connectivity index (χ0v) is 16.4. The molecule has 0 unspecified atom stereocenters. The minimum atomic E-state index is -0.0852. The van der Waals surface area contributed by atoms with Gasteiger partial charge in [0.1, 0.15) is 0 Å². The van der Waals surface area contributed by atoms with Crippen molar-refractivity contribution < 1.29 is 4.79 Å². The van der Waals surface area contributed by atoms with E-state index in [1.165, 1.54) is 5.56 Å². The lowest BCUT2D eigenvalue weighted by molar-refractivity contribution is -0.122. The van der Waals surface area contributed by atoms with Crippen LogP contribution in [0.2, 0.25) is 15.1 Å². The van der Waals surface area contributed by atoms with E-state index < -0.39 is 0 Å². The summed E-state index contributed by atoms with van der Waals surface area (Å²) in [7, 11) is 0. The van der Waals surface area contributed by atoms with Gasteiger partial charge in [0.25, 0.3) is 0 Å². The minimum Gasteiger partial charge on any atom is -0.355 e. The molecule has 1 fully saturated rings. The third-order valence-corrected chi connectivity index (χ3v) is 6.39. The van der Waals surface area contributed by atoms with Crippen LogP contribution in [0.4, 0.5) is 0 Å². The van der Waals surface area contributed by atoms with E-state index in [1.807, 2.05) is 31.2 Å². The number of amides is 1. The van der Waals surface area contributed by atoms with Crippen LogP contribution in [0.25, 0.3) is 0 Å². The molecule has 2 nitrogen and oxygen atoms in total. The van der Waals surface area contributed by atoms with E-state index in [0.717, 1.165) is 11.1 Å². The Morgan fingerprint density at radius 2 is 1.69 bits per heavy atom. The van der Waals surface area contributed by atoms with Crippen LogP contribution in [-0.4, -0.2) is 12.5 Å². The van der Waals surface area contributed by atoms with Crippen LogP contribution < -0.4 is 5.32 Å². The summed E-state index contributed by atoms with van der Waals surface area (Å²) in [6.07, 6.45) is 2.19. The van der Waals surface area contributed by atoms with Gasteiger partial charge in [-0.05, 0) is 54.2 Å². The molecule has 2 aromatic carbocycles. The Balaban J connectivity index is 1.87. The third-order valence-electron chi connectivity index (χ3n) is 5.58. The highest BCUT2D eigenvalue weighted by atomic mass is 35.5. The molecule has 0 saturated carbocycles. The first kappa shape index (κ1) is 17.9. The number of allylic oxidation sites excluding steroid dienone is 1. The molecule has 1 N–H and O–H groups in total. The Morgan fingerprint density at radius 1 is 1.00 bits per heavy atom. The molecule has 4 atom stereocenters. The van der Waals surface area contributed by atoms with Crippen molar-refractivity contribution in [3.8, 4) is 0 Å². The van der Waals surface area contributed by atoms with Crippen molar-refractivity contribution in [1.29, 1.82) is 0 Å². The van der Waals surface area contributed by atoms with E-state index in [1.54, 1.807) is 6.07 Å². The van der Waals surface area contributed by atoms with Crippen molar-refractivity contribution in [2.24, 2.45) is 11.8 Å². The molecule has 1 aliphatic heterocycles. The molecule has 1 saturated heterocycles. The highest BCUT2D eigenvalue weighted by Gasteiger charge is 2.47. The largest absolute Gasteiger partial charge is 0.355 e. The molecule has 1 heterocycles. The van der Waals surface area contributed by atoms with Gasteiger partial charge in [0.2, 0.25) is 5.91 Å². The molecule has 0 aromatic heterocycles. The lowest BCUT2D eigenvalue weighted by Gasteiger charge is -2.38. The molecular formula is C21H18Cl3NO. The van der Waals surface area contributed by atoms with Crippen LogP contribution in [0.1, 0.15) is 29.9 Å². The van der Waals surface area contributed by atoms with E-state index in [4.69, 9.17) is 34.8 Å². The minimum absolute atomic E-state index is 0.0786. The summed E-state index contributed by atoms with van der Waals surface area (Å²) in [5, 5.41) is 5.02. The maximum absolute atomic E-state index is 12.4. The van der Waals surface area contributed by atoms with Crippen molar-refractivity contribution in [3.63, 3.8) is 0 Å². The molecule has 0 spiro atoms. The second kappa shape index (κ2) is 6.92. The number of hydrogen-bond acceptors (Lipinski definition) is 1. The van der Waals surface area contributed by atoms with E-state index >= 15 is 0 Å². The molecule has 2 aromatic rings. The second-order valence-corrected chi connectivity index (χ2v) is 8.35. The molecule has 2 aliphatic rings. The Kier molecular flexibility index (Phi) is 4.77. The Hall–Kier alpha value is -1.48. The molecule has 5 heteroatoms. The van der Waals surface area contributed by atoms with Crippen LogP contribution in [0.5, 0.6) is 0 Å². The molecule has 134 valence electrons. The van der Waals surface area contributed by atoms with Gasteiger partial charge in [-0.3, -0.25) is 4.79 Å². The van der Waals surface area contributed by atoms with Crippen molar-refractivity contribution in [1.82, 2.24) is 5.32 Å². The highest BCUT2D eigenvalue weighted by Crippen LogP contribution is 2.51. The van der Waals surface area contributed by atoms with Crippen LogP contribution in [0, 0.1) is 11.8 Å². The highest BCUT2D eigenvalue weighted by molar-refractivity contribution is 6.35. The van der Waals surface area contributed by atoms with E-state index in [0.29, 0.717) is 21.6 Å². The SMILES string of the molecule is CC1=C[C@@H](c2ccc(Cl)cc2Cl)[C@H](c2ccc(Cl)cc2)[C@@H]2CNC(=O)[C@@H]12. The van der Waals surface area contributed by atoms with Gasteiger partial charge in [0, 0.05) is 27.5 Å². The first-order valence-electron chi connectivity index (χ1n) is 8.62. The predicted molar refractivity (Wildman–Crippen MR) is 107 cm³/mol. The maximum Gasteiger partial charge on any atom is 0.227 e. The average Bonchev–Trinajstić information content (AvgIpc) is 2.98. The van der Waals surface area contributed by atoms with Gasteiger partial charge in [-0.2, -0.15) is 0 Å². The number of halogens is 3. The molecular weight excluding hydrogens is 389 g/mol. The maximum atomic E-state index is 12.4. The van der Waals surface area contributed by atoms with Gasteiger partial charge in [-0.1, -0.05) is 64.7 Å². The number of rotatable bonds is 2. The Labute approximate surface area is 168 Å². The van der Waals surface area contributed by atoms with Crippen LogP contribution >= 0.6 is 34.8 Å². The third kappa shape index (κ3) is 3.05. The first-order chi connectivity index (χ1) is 12.5. The fourth-order valence-electron chi connectivity index (χ4n) is 4.47. The smallest absolute Gasteiger partial charge is 0.227 e. The summed E-state index contributed by atoms with van der Waals surface area (Å²) in [4.78, 5) is 12.4. The van der Waals surface area contributed by atoms with E-state index in [9.17, 15) is 4.79 Å². The lowest BCUT2D eigenvalue weighted by Crippen LogP contribution is -2.31. The second-order valence-electron chi connectivity index (χ2n) is 7.07. The normalized spacial score (nSPS) is 27.7. The van der Waals surface area contributed by atoms with Crippen molar-refractivity contribution in [3.05, 3.63) is 80.3 Å². The first-order valence-corrected chi connectivity index (χ1v) is 9.75. The topological polar surface area (TPSA) is 29.1 Å². The Bertz CT molecular complexity index is 891. The van der Waals surface area contributed by atoms with Crippen molar-refractivity contribution in [2.75, 3.05) is 6.54 Å². The summed E-state index contributed by atoms with van der Waals surface area (Å²) in [6.45, 7) is 2.71. The quantitative estimate of drug-likeness (QED) is 0.624. The van der Waals surface area contributed by atoms with Crippen molar-refractivity contribution in [2.45, 2.75) is 18.8 Å². The fraction of sp³-hybridized carbons (Fsp3) is 0.286. The summed E-state index contributed by atoms with van der Waals surface area (Å²) < 4.78 is 0. The van der Waals surface area contributed by atoms with E-state index in [2.05, 4.69) is 23.5 Å². The monoisotopic (exact) mass is 405 g/mol. The number of benzene rings is 2. The number of carbonyl (C=O) groups is 1. The molecule has 26 heavy (non-hydrogen) atoms. The molecule has 4 rings (SSSR count). The lowest BCUT2D eigenvalue weighted by atomic mass is 9.64. The summed E-state index contributed by atoms with van der Waals surface area (Å²) >= 11 is 18.7. The zero-order chi connectivity index (χ0) is 18.4. The fourth-order valence-corrected chi connectivity index (χ4v) is 5.13. The summed E-state index contributed by atoms with van der Waals surface area (Å²) in [5.74, 6) is 0.431. The van der Waals surface area contributed by atoms with Gasteiger partial charge in [0.15, 0.2) is 0 Å². The predicted octanol–water partition coefficient (Wildman–Crippen LogP) is 5.84. The number of fused-ring (bicyclic) bond motifs is 1. The van der Waals surface area contributed by atoms with Crippen LogP contribution in [-0.2, 0) is 4.79 Å². The van der Waals surface area contributed by atoms with Gasteiger partial charge >= 0.3 is 0 Å². The number of hydrogen-bond donors (Lipinski definition) is 1. The van der Waals surface area contributed by atoms with Crippen LogP contribution in [0.3, 0.4) is 0 Å². The van der Waals surface area contributed by atoms with E-state index in [-0.39, 0.29) is 29.6 Å². The Morgan fingerprint density at radius 3 is 2.38 bits per heavy atom. The number of nitrogens with one attached hydrogen (secondary N) is 1. The van der Waals surface area contributed by atoms with Crippen LogP contribution in [0.15, 0.2) is 54.1 Å². The van der Waals surface area contributed by atoms with Crippen molar-refractivity contribution >= 4 is 40.7 Å². The molecule has 0 bridgehead atoms.